The molecule has 0 saturated heterocycles. The summed E-state index contributed by atoms with van der Waals surface area (Å²) in [5.74, 6) is 0. The summed E-state index contributed by atoms with van der Waals surface area (Å²) >= 11 is 9.63. The van der Waals surface area contributed by atoms with Crippen LogP contribution in [0, 0.1) is 0 Å². The van der Waals surface area contributed by atoms with Crippen LogP contribution in [0.5, 0.6) is 0 Å². The SMILES string of the molecule is S=C=C1C=CCCC1=S. The molecule has 0 heterocycles. The standard InChI is InChI=1S/C7H6S2/c8-5-6-3-1-2-4-7(6)9/h1,3H,2,4H2. The fraction of sp³-hybridized carbons (Fsp3) is 0.286. The van der Waals surface area contributed by atoms with E-state index in [1.807, 2.05) is 6.08 Å². The van der Waals surface area contributed by atoms with E-state index >= 15 is 0 Å². The molecule has 0 atom stereocenters. The van der Waals surface area contributed by atoms with E-state index in [1.54, 1.807) is 0 Å². The Hall–Kier alpha value is -0.300. The number of hydrogen-bond acceptors (Lipinski definition) is 2. The maximum atomic E-state index is 5.01. The third-order valence-corrected chi connectivity index (χ3v) is 1.88. The minimum atomic E-state index is 0.922. The van der Waals surface area contributed by atoms with Crippen LogP contribution in [-0.2, 0) is 0 Å². The van der Waals surface area contributed by atoms with Gasteiger partial charge in [-0.15, -0.1) is 0 Å². The number of hydrogen-bond donors (Lipinski definition) is 0. The van der Waals surface area contributed by atoms with Crippen molar-refractivity contribution in [2.24, 2.45) is 0 Å². The molecule has 0 aromatic rings. The van der Waals surface area contributed by atoms with Crippen molar-refractivity contribution in [3.63, 3.8) is 0 Å². The summed E-state index contributed by atoms with van der Waals surface area (Å²) in [6.45, 7) is 0. The summed E-state index contributed by atoms with van der Waals surface area (Å²) < 4.78 is 0. The Labute approximate surface area is 65.3 Å². The molecule has 2 heteroatoms. The molecule has 0 fully saturated rings. The Kier molecular flexibility index (Phi) is 2.29. The fourth-order valence-electron chi connectivity index (χ4n) is 0.734. The monoisotopic (exact) mass is 154 g/mol. The molecule has 1 rings (SSSR count). The molecule has 0 spiro atoms. The van der Waals surface area contributed by atoms with Crippen LogP contribution in [0.2, 0.25) is 0 Å². The first kappa shape index (κ1) is 6.81. The molecule has 1 aliphatic rings. The highest BCUT2D eigenvalue weighted by atomic mass is 32.1. The molecule has 0 saturated carbocycles. The lowest BCUT2D eigenvalue weighted by Gasteiger charge is -2.04. The molecule has 0 aliphatic heterocycles. The van der Waals surface area contributed by atoms with Crippen LogP contribution in [0.3, 0.4) is 0 Å². The number of thiocarbonyl (C=S) groups is 2. The summed E-state index contributed by atoms with van der Waals surface area (Å²) in [7, 11) is 0. The average molecular weight is 154 g/mol. The predicted octanol–water partition coefficient (Wildman–Crippen LogP) is 2.23. The van der Waals surface area contributed by atoms with E-state index in [0.717, 1.165) is 23.3 Å². The maximum absolute atomic E-state index is 5.01. The van der Waals surface area contributed by atoms with Crippen LogP contribution in [0.25, 0.3) is 0 Å². The summed E-state index contributed by atoms with van der Waals surface area (Å²) in [5.41, 5.74) is 0.922. The van der Waals surface area contributed by atoms with Crippen molar-refractivity contribution < 1.29 is 0 Å². The van der Waals surface area contributed by atoms with Gasteiger partial charge in [0.05, 0.1) is 0 Å². The molecule has 0 unspecified atom stereocenters. The van der Waals surface area contributed by atoms with Gasteiger partial charge in [-0.25, -0.2) is 0 Å². The van der Waals surface area contributed by atoms with Gasteiger partial charge >= 0.3 is 0 Å². The second-order valence-corrected chi connectivity index (χ2v) is 2.58. The molecule has 0 bridgehead atoms. The molecular weight excluding hydrogens is 148 g/mol. The van der Waals surface area contributed by atoms with Crippen molar-refractivity contribution in [2.45, 2.75) is 12.8 Å². The van der Waals surface area contributed by atoms with E-state index in [-0.39, 0.29) is 0 Å². The molecular formula is C7H6S2. The summed E-state index contributed by atoms with van der Waals surface area (Å²) in [6, 6.07) is 0. The zero-order chi connectivity index (χ0) is 6.69. The van der Waals surface area contributed by atoms with E-state index in [1.165, 1.54) is 0 Å². The molecule has 0 N–H and O–H groups in total. The van der Waals surface area contributed by atoms with Crippen molar-refractivity contribution >= 4 is 34.3 Å². The molecule has 9 heavy (non-hydrogen) atoms. The van der Waals surface area contributed by atoms with Gasteiger partial charge in [-0.3, -0.25) is 0 Å². The maximum Gasteiger partial charge on any atom is 0.0416 e. The van der Waals surface area contributed by atoms with Crippen molar-refractivity contribution in [1.29, 1.82) is 0 Å². The lowest BCUT2D eigenvalue weighted by molar-refractivity contribution is 1.10. The van der Waals surface area contributed by atoms with Crippen LogP contribution in [0.15, 0.2) is 17.7 Å². The second kappa shape index (κ2) is 3.02. The second-order valence-electron chi connectivity index (χ2n) is 1.88. The minimum Gasteiger partial charge on any atom is -0.0835 e. The molecule has 0 nitrogen and oxygen atoms in total. The number of allylic oxidation sites excluding steroid dienone is 3. The Balaban J connectivity index is 2.94. The highest BCUT2D eigenvalue weighted by Gasteiger charge is 2.03. The van der Waals surface area contributed by atoms with Crippen molar-refractivity contribution in [3.8, 4) is 0 Å². The Morgan fingerprint density at radius 3 is 2.78 bits per heavy atom. The van der Waals surface area contributed by atoms with Crippen LogP contribution in [0.1, 0.15) is 12.8 Å². The normalized spacial score (nSPS) is 17.8. The molecule has 0 radical (unpaired) electrons. The van der Waals surface area contributed by atoms with E-state index in [2.05, 4.69) is 23.3 Å². The van der Waals surface area contributed by atoms with Crippen LogP contribution >= 0.6 is 24.4 Å². The zero-order valence-electron chi connectivity index (χ0n) is 4.89. The van der Waals surface area contributed by atoms with Gasteiger partial charge in [0.15, 0.2) is 0 Å². The highest BCUT2D eigenvalue weighted by Crippen LogP contribution is 2.10. The highest BCUT2D eigenvalue weighted by molar-refractivity contribution is 7.81. The summed E-state index contributed by atoms with van der Waals surface area (Å²) in [6.07, 6.45) is 6.04. The Morgan fingerprint density at radius 1 is 1.56 bits per heavy atom. The van der Waals surface area contributed by atoms with E-state index < -0.39 is 0 Å². The van der Waals surface area contributed by atoms with Gasteiger partial charge in [-0.2, -0.15) is 0 Å². The van der Waals surface area contributed by atoms with Crippen molar-refractivity contribution in [1.82, 2.24) is 0 Å². The van der Waals surface area contributed by atoms with Gasteiger partial charge in [0.25, 0.3) is 0 Å². The van der Waals surface area contributed by atoms with Gasteiger partial charge in [0.1, 0.15) is 0 Å². The summed E-state index contributed by atoms with van der Waals surface area (Å²) in [4.78, 5) is 0.951. The van der Waals surface area contributed by atoms with Gasteiger partial charge in [0, 0.05) is 10.4 Å². The van der Waals surface area contributed by atoms with E-state index in [4.69, 9.17) is 12.2 Å². The van der Waals surface area contributed by atoms with Gasteiger partial charge < -0.3 is 0 Å². The fourth-order valence-corrected chi connectivity index (χ4v) is 1.23. The van der Waals surface area contributed by atoms with Crippen LogP contribution in [0.4, 0.5) is 0 Å². The van der Waals surface area contributed by atoms with Crippen molar-refractivity contribution in [3.05, 3.63) is 17.7 Å². The minimum absolute atomic E-state index is 0.922. The van der Waals surface area contributed by atoms with Gasteiger partial charge in [-0.05, 0) is 36.2 Å². The number of rotatable bonds is 0. The van der Waals surface area contributed by atoms with Gasteiger partial charge in [-0.1, -0.05) is 18.3 Å². The van der Waals surface area contributed by atoms with E-state index in [0.29, 0.717) is 0 Å². The molecule has 0 aromatic carbocycles. The summed E-state index contributed by atoms with van der Waals surface area (Å²) in [5, 5.41) is 2.63. The Morgan fingerprint density at radius 2 is 2.33 bits per heavy atom. The predicted molar refractivity (Wildman–Crippen MR) is 47.1 cm³/mol. The molecule has 0 aromatic heterocycles. The molecule has 46 valence electrons. The lowest BCUT2D eigenvalue weighted by atomic mass is 10.0. The molecule has 1 aliphatic carbocycles. The van der Waals surface area contributed by atoms with Crippen LogP contribution in [-0.4, -0.2) is 9.89 Å². The smallest absolute Gasteiger partial charge is 0.0416 e. The zero-order valence-corrected chi connectivity index (χ0v) is 6.52. The quantitative estimate of drug-likeness (QED) is 0.387. The average Bonchev–Trinajstić information content (AvgIpc) is 1.89. The largest absolute Gasteiger partial charge is 0.0835 e. The third kappa shape index (κ3) is 1.55. The third-order valence-electron chi connectivity index (χ3n) is 1.23. The van der Waals surface area contributed by atoms with Crippen LogP contribution < -0.4 is 0 Å². The first-order chi connectivity index (χ1) is 4.34. The van der Waals surface area contributed by atoms with Gasteiger partial charge in [0.2, 0.25) is 0 Å². The lowest BCUT2D eigenvalue weighted by Crippen LogP contribution is -2.00. The van der Waals surface area contributed by atoms with E-state index in [9.17, 15) is 0 Å². The van der Waals surface area contributed by atoms with Crippen molar-refractivity contribution in [2.75, 3.05) is 0 Å². The Bertz CT molecular complexity index is 207. The molecule has 0 amide bonds. The first-order valence-electron chi connectivity index (χ1n) is 2.79. The first-order valence-corrected chi connectivity index (χ1v) is 3.61. The topological polar surface area (TPSA) is 0 Å².